The number of hydrogen-bond donors (Lipinski definition) is 0. The van der Waals surface area contributed by atoms with Gasteiger partial charge in [0.05, 0.1) is 30.6 Å². The Balaban J connectivity index is 1.76. The molecule has 0 radical (unpaired) electrons. The predicted molar refractivity (Wildman–Crippen MR) is 90.3 cm³/mol. The number of pyridine rings is 1. The third-order valence-corrected chi connectivity index (χ3v) is 4.03. The molecule has 1 aromatic carbocycles. The number of rotatable bonds is 2. The van der Waals surface area contributed by atoms with Crippen molar-refractivity contribution >= 4 is 11.6 Å². The summed E-state index contributed by atoms with van der Waals surface area (Å²) in [4.78, 5) is 18.5. The monoisotopic (exact) mass is 331 g/mol. The second kappa shape index (κ2) is 6.13. The Hall–Kier alpha value is -3.59. The molecule has 0 bridgehead atoms. The minimum atomic E-state index is -0.228. The van der Waals surface area contributed by atoms with Gasteiger partial charge in [0.15, 0.2) is 11.5 Å². The number of nitrogens with zero attached hydrogens (tertiary/aromatic N) is 3. The second-order valence-electron chi connectivity index (χ2n) is 5.51. The van der Waals surface area contributed by atoms with E-state index in [1.165, 1.54) is 6.26 Å². The first-order chi connectivity index (χ1) is 12.3. The Bertz CT molecular complexity index is 957. The van der Waals surface area contributed by atoms with Crippen molar-refractivity contribution in [3.8, 4) is 22.9 Å². The quantitative estimate of drug-likeness (QED) is 0.720. The summed E-state index contributed by atoms with van der Waals surface area (Å²) in [6.45, 7) is 0.803. The van der Waals surface area contributed by atoms with E-state index >= 15 is 0 Å². The normalized spacial score (nSPS) is 12.8. The molecule has 1 aliphatic rings. The number of nitriles is 1. The molecule has 0 saturated heterocycles. The van der Waals surface area contributed by atoms with Crippen LogP contribution in [0.2, 0.25) is 0 Å². The van der Waals surface area contributed by atoms with Crippen LogP contribution in [-0.4, -0.2) is 24.0 Å². The van der Waals surface area contributed by atoms with Crippen LogP contribution in [0.3, 0.4) is 0 Å². The molecule has 0 spiro atoms. The van der Waals surface area contributed by atoms with E-state index in [2.05, 4.69) is 11.1 Å². The summed E-state index contributed by atoms with van der Waals surface area (Å²) >= 11 is 0. The number of carbonyl (C=O) groups is 1. The summed E-state index contributed by atoms with van der Waals surface area (Å²) in [7, 11) is 0. The van der Waals surface area contributed by atoms with Gasteiger partial charge in [0, 0.05) is 11.8 Å². The first-order valence-corrected chi connectivity index (χ1v) is 7.74. The fourth-order valence-electron chi connectivity index (χ4n) is 2.82. The van der Waals surface area contributed by atoms with Crippen LogP contribution < -0.4 is 9.64 Å². The third kappa shape index (κ3) is 2.62. The molecule has 0 fully saturated rings. The molecular formula is C19H13N3O3. The predicted octanol–water partition coefficient (Wildman–Crippen LogP) is 3.25. The molecule has 3 aromatic rings. The number of hydrogen-bond acceptors (Lipinski definition) is 5. The van der Waals surface area contributed by atoms with E-state index in [1.807, 2.05) is 12.1 Å². The lowest BCUT2D eigenvalue weighted by Gasteiger charge is -2.29. The number of fused-ring (bicyclic) bond motifs is 1. The van der Waals surface area contributed by atoms with Gasteiger partial charge < -0.3 is 9.15 Å². The molecule has 0 aliphatic carbocycles. The summed E-state index contributed by atoms with van der Waals surface area (Å²) in [6.07, 6.45) is 4.78. The van der Waals surface area contributed by atoms with Gasteiger partial charge in [0.1, 0.15) is 12.3 Å². The number of amides is 1. The lowest BCUT2D eigenvalue weighted by molar-refractivity contribution is 0.0950. The number of furan rings is 1. The zero-order valence-corrected chi connectivity index (χ0v) is 13.2. The van der Waals surface area contributed by atoms with Crippen molar-refractivity contribution < 1.29 is 13.9 Å². The molecule has 3 heterocycles. The highest BCUT2D eigenvalue weighted by Gasteiger charge is 2.28. The summed E-state index contributed by atoms with van der Waals surface area (Å²) in [5.41, 5.74) is 2.83. The van der Waals surface area contributed by atoms with E-state index in [9.17, 15) is 4.79 Å². The highest BCUT2D eigenvalue weighted by molar-refractivity contribution is 6.06. The maximum atomic E-state index is 12.7. The molecule has 1 aliphatic heterocycles. The Morgan fingerprint density at radius 1 is 1.20 bits per heavy atom. The van der Waals surface area contributed by atoms with Gasteiger partial charge in [-0.1, -0.05) is 12.1 Å². The molecule has 0 atom stereocenters. The summed E-state index contributed by atoms with van der Waals surface area (Å²) in [5.74, 6) is 0.649. The molecule has 4 rings (SSSR count). The van der Waals surface area contributed by atoms with Gasteiger partial charge in [-0.2, -0.15) is 5.26 Å². The molecule has 122 valence electrons. The Morgan fingerprint density at radius 3 is 2.76 bits per heavy atom. The van der Waals surface area contributed by atoms with Gasteiger partial charge in [-0.15, -0.1) is 0 Å². The SMILES string of the molecule is N#Cc1ccc(-c2cncc3c2OCCN3C(=O)c2ccco2)cc1. The average Bonchev–Trinajstić information content (AvgIpc) is 3.21. The number of ether oxygens (including phenoxy) is 1. The van der Waals surface area contributed by atoms with Gasteiger partial charge in [0.25, 0.3) is 5.91 Å². The molecule has 1 amide bonds. The van der Waals surface area contributed by atoms with Crippen LogP contribution in [-0.2, 0) is 0 Å². The van der Waals surface area contributed by atoms with Gasteiger partial charge >= 0.3 is 0 Å². The van der Waals surface area contributed by atoms with Crippen LogP contribution in [0.5, 0.6) is 5.75 Å². The first-order valence-electron chi connectivity index (χ1n) is 7.74. The fourth-order valence-corrected chi connectivity index (χ4v) is 2.82. The van der Waals surface area contributed by atoms with Gasteiger partial charge in [0.2, 0.25) is 0 Å². The first kappa shape index (κ1) is 15.0. The van der Waals surface area contributed by atoms with E-state index in [0.717, 1.165) is 11.1 Å². The van der Waals surface area contributed by atoms with Gasteiger partial charge in [-0.25, -0.2) is 0 Å². The number of benzene rings is 1. The van der Waals surface area contributed by atoms with Crippen molar-refractivity contribution in [3.05, 3.63) is 66.4 Å². The van der Waals surface area contributed by atoms with E-state index in [0.29, 0.717) is 30.2 Å². The number of anilines is 1. The Morgan fingerprint density at radius 2 is 2.04 bits per heavy atom. The molecule has 6 nitrogen and oxygen atoms in total. The van der Waals surface area contributed by atoms with Crippen LogP contribution in [0.25, 0.3) is 11.1 Å². The van der Waals surface area contributed by atoms with E-state index in [-0.39, 0.29) is 11.7 Å². The van der Waals surface area contributed by atoms with Crippen LogP contribution in [0.15, 0.2) is 59.5 Å². The number of aromatic nitrogens is 1. The van der Waals surface area contributed by atoms with Crippen LogP contribution in [0.1, 0.15) is 16.1 Å². The van der Waals surface area contributed by atoms with Gasteiger partial charge in [-0.05, 0) is 29.8 Å². The fraction of sp³-hybridized carbons (Fsp3) is 0.105. The van der Waals surface area contributed by atoms with Crippen LogP contribution in [0.4, 0.5) is 5.69 Å². The molecular weight excluding hydrogens is 318 g/mol. The topological polar surface area (TPSA) is 79.4 Å². The summed E-state index contributed by atoms with van der Waals surface area (Å²) in [6, 6.07) is 12.6. The molecule has 0 saturated carbocycles. The molecule has 0 N–H and O–H groups in total. The van der Waals surface area contributed by atoms with E-state index in [1.54, 1.807) is 41.6 Å². The van der Waals surface area contributed by atoms with Crippen molar-refractivity contribution in [2.75, 3.05) is 18.1 Å². The lowest BCUT2D eigenvalue weighted by Crippen LogP contribution is -2.38. The minimum absolute atomic E-state index is 0.228. The third-order valence-electron chi connectivity index (χ3n) is 4.03. The summed E-state index contributed by atoms with van der Waals surface area (Å²) < 4.78 is 11.1. The van der Waals surface area contributed by atoms with Crippen molar-refractivity contribution in [1.82, 2.24) is 4.98 Å². The highest BCUT2D eigenvalue weighted by atomic mass is 16.5. The Labute approximate surface area is 143 Å². The van der Waals surface area contributed by atoms with Crippen molar-refractivity contribution in [2.24, 2.45) is 0 Å². The highest BCUT2D eigenvalue weighted by Crippen LogP contribution is 2.40. The number of carbonyl (C=O) groups excluding carboxylic acids is 1. The minimum Gasteiger partial charge on any atom is -0.489 e. The summed E-state index contributed by atoms with van der Waals surface area (Å²) in [5, 5.41) is 8.94. The smallest absolute Gasteiger partial charge is 0.294 e. The zero-order valence-electron chi connectivity index (χ0n) is 13.2. The average molecular weight is 331 g/mol. The molecule has 0 unspecified atom stereocenters. The van der Waals surface area contributed by atoms with Gasteiger partial charge in [-0.3, -0.25) is 14.7 Å². The molecule has 25 heavy (non-hydrogen) atoms. The van der Waals surface area contributed by atoms with E-state index in [4.69, 9.17) is 14.4 Å². The lowest BCUT2D eigenvalue weighted by atomic mass is 10.0. The van der Waals surface area contributed by atoms with Crippen molar-refractivity contribution in [1.29, 1.82) is 5.26 Å². The Kier molecular flexibility index (Phi) is 3.67. The standard InChI is InChI=1S/C19H13N3O3/c20-10-13-3-5-14(6-4-13)15-11-21-12-16-18(15)25-9-7-22(16)19(23)17-2-1-8-24-17/h1-6,8,11-12H,7,9H2. The van der Waals surface area contributed by atoms with Crippen LogP contribution >= 0.6 is 0 Å². The zero-order chi connectivity index (χ0) is 17.2. The second-order valence-corrected chi connectivity index (χ2v) is 5.51. The van der Waals surface area contributed by atoms with Crippen molar-refractivity contribution in [3.63, 3.8) is 0 Å². The molecule has 2 aromatic heterocycles. The van der Waals surface area contributed by atoms with Crippen LogP contribution in [0, 0.1) is 11.3 Å². The molecule has 6 heteroatoms. The largest absolute Gasteiger partial charge is 0.489 e. The maximum absolute atomic E-state index is 12.7. The van der Waals surface area contributed by atoms with Crippen molar-refractivity contribution in [2.45, 2.75) is 0 Å². The van der Waals surface area contributed by atoms with E-state index < -0.39 is 0 Å². The maximum Gasteiger partial charge on any atom is 0.294 e.